The number of halogens is 1. The van der Waals surface area contributed by atoms with E-state index in [9.17, 15) is 4.79 Å². The number of carbonyl (C=O) groups is 1. The number of ether oxygens (including phenoxy) is 1. The molecule has 4 rings (SSSR count). The number of hydrogen-bond acceptors (Lipinski definition) is 6. The molecule has 0 spiro atoms. The number of carbonyl (C=O) groups excluding carboxylic acids is 1. The lowest BCUT2D eigenvalue weighted by atomic mass is 10.2. The molecule has 136 valence electrons. The average Bonchev–Trinajstić information content (AvgIpc) is 3.04. The topological polar surface area (TPSA) is 92.8 Å². The molecule has 4 aromatic rings. The van der Waals surface area contributed by atoms with E-state index in [1.54, 1.807) is 19.2 Å². The van der Waals surface area contributed by atoms with Gasteiger partial charge >= 0.3 is 0 Å². The Morgan fingerprint density at radius 2 is 2.11 bits per heavy atom. The maximum atomic E-state index is 12.2. The lowest BCUT2D eigenvalue weighted by Crippen LogP contribution is -2.15. The fraction of sp³-hybridized carbons (Fsp3) is 0.111. The van der Waals surface area contributed by atoms with Gasteiger partial charge in [-0.1, -0.05) is 39.8 Å². The molecule has 0 aliphatic carbocycles. The molecule has 9 heteroatoms. The van der Waals surface area contributed by atoms with Crippen LogP contribution in [0.5, 0.6) is 5.75 Å². The molecule has 0 radical (unpaired) electrons. The third-order valence-electron chi connectivity index (χ3n) is 3.87. The van der Waals surface area contributed by atoms with Gasteiger partial charge in [-0.3, -0.25) is 4.79 Å². The van der Waals surface area contributed by atoms with Crippen LogP contribution in [0.1, 0.15) is 0 Å². The molecule has 2 heterocycles. The number of rotatable bonds is 5. The molecule has 0 saturated carbocycles. The molecule has 0 atom stereocenters. The van der Waals surface area contributed by atoms with Gasteiger partial charge in [0, 0.05) is 15.4 Å². The number of hydrogen-bond donors (Lipinski definition) is 2. The summed E-state index contributed by atoms with van der Waals surface area (Å²) in [5.41, 5.74) is 2.91. The Morgan fingerprint density at radius 3 is 2.96 bits per heavy atom. The van der Waals surface area contributed by atoms with Crippen molar-refractivity contribution in [1.82, 2.24) is 20.2 Å². The number of anilines is 1. The predicted octanol–water partition coefficient (Wildman–Crippen LogP) is 4.01. The van der Waals surface area contributed by atoms with Crippen LogP contribution in [0.3, 0.4) is 0 Å². The summed E-state index contributed by atoms with van der Waals surface area (Å²) in [6, 6.07) is 13.1. The molecule has 0 fully saturated rings. The monoisotopic (exact) mass is 443 g/mol. The highest BCUT2D eigenvalue weighted by Crippen LogP contribution is 2.27. The number of benzene rings is 2. The minimum atomic E-state index is -0.172. The van der Waals surface area contributed by atoms with Crippen LogP contribution in [0, 0.1) is 0 Å². The molecule has 2 N–H and O–H groups in total. The number of para-hydroxylation sites is 2. The average molecular weight is 444 g/mol. The number of amides is 1. The van der Waals surface area contributed by atoms with Crippen molar-refractivity contribution in [1.29, 1.82) is 0 Å². The Morgan fingerprint density at radius 1 is 1.26 bits per heavy atom. The fourth-order valence-corrected chi connectivity index (χ4v) is 3.60. The molecule has 1 amide bonds. The van der Waals surface area contributed by atoms with Gasteiger partial charge in [0.25, 0.3) is 0 Å². The van der Waals surface area contributed by atoms with Crippen LogP contribution >= 0.6 is 27.7 Å². The van der Waals surface area contributed by atoms with E-state index in [4.69, 9.17) is 4.74 Å². The van der Waals surface area contributed by atoms with Gasteiger partial charge in [0.05, 0.1) is 18.6 Å². The molecule has 7 nitrogen and oxygen atoms in total. The van der Waals surface area contributed by atoms with Crippen molar-refractivity contribution in [2.24, 2.45) is 0 Å². The Hall–Kier alpha value is -2.65. The molecular formula is C18H14BrN5O2S. The van der Waals surface area contributed by atoms with Gasteiger partial charge in [-0.2, -0.15) is 0 Å². The van der Waals surface area contributed by atoms with Crippen molar-refractivity contribution < 1.29 is 9.53 Å². The smallest absolute Gasteiger partial charge is 0.234 e. The lowest BCUT2D eigenvalue weighted by molar-refractivity contribution is -0.113. The van der Waals surface area contributed by atoms with E-state index in [1.807, 2.05) is 30.3 Å². The first-order valence-electron chi connectivity index (χ1n) is 8.01. The summed E-state index contributed by atoms with van der Waals surface area (Å²) in [5.74, 6) is 0.602. The predicted molar refractivity (Wildman–Crippen MR) is 109 cm³/mol. The second kappa shape index (κ2) is 7.53. The number of nitrogens with zero attached hydrogens (tertiary/aromatic N) is 3. The fourth-order valence-electron chi connectivity index (χ4n) is 2.65. The van der Waals surface area contributed by atoms with Crippen LogP contribution < -0.4 is 10.1 Å². The first kappa shape index (κ1) is 17.7. The molecule has 27 heavy (non-hydrogen) atoms. The quantitative estimate of drug-likeness (QED) is 0.452. The Balaban J connectivity index is 1.48. The maximum Gasteiger partial charge on any atom is 0.234 e. The molecule has 0 aliphatic heterocycles. The number of H-pyrrole nitrogens is 1. The van der Waals surface area contributed by atoms with Crippen molar-refractivity contribution in [3.63, 3.8) is 0 Å². The van der Waals surface area contributed by atoms with Gasteiger partial charge in [0.2, 0.25) is 11.1 Å². The van der Waals surface area contributed by atoms with Gasteiger partial charge in [0.15, 0.2) is 5.65 Å². The number of aromatic amines is 1. The van der Waals surface area contributed by atoms with E-state index in [0.717, 1.165) is 15.4 Å². The number of thioether (sulfide) groups is 1. The second-order valence-corrected chi connectivity index (χ2v) is 7.50. The van der Waals surface area contributed by atoms with Gasteiger partial charge in [0.1, 0.15) is 11.3 Å². The zero-order valence-corrected chi connectivity index (χ0v) is 16.6. The second-order valence-electron chi connectivity index (χ2n) is 5.64. The van der Waals surface area contributed by atoms with E-state index in [1.165, 1.54) is 11.8 Å². The van der Waals surface area contributed by atoms with Crippen LogP contribution in [0.4, 0.5) is 5.69 Å². The maximum absolute atomic E-state index is 12.2. The largest absolute Gasteiger partial charge is 0.495 e. The van der Waals surface area contributed by atoms with Gasteiger partial charge in [-0.15, -0.1) is 10.2 Å². The molecule has 2 aromatic carbocycles. The number of fused-ring (bicyclic) bond motifs is 3. The van der Waals surface area contributed by atoms with Crippen LogP contribution in [-0.2, 0) is 4.79 Å². The summed E-state index contributed by atoms with van der Waals surface area (Å²) in [7, 11) is 1.56. The van der Waals surface area contributed by atoms with Crippen LogP contribution in [0.2, 0.25) is 0 Å². The number of aromatic nitrogens is 4. The Kier molecular flexibility index (Phi) is 4.95. The summed E-state index contributed by atoms with van der Waals surface area (Å²) in [6.45, 7) is 0. The normalized spacial score (nSPS) is 11.0. The van der Waals surface area contributed by atoms with Crippen LogP contribution in [0.25, 0.3) is 22.1 Å². The van der Waals surface area contributed by atoms with Crippen LogP contribution in [0.15, 0.2) is 52.1 Å². The Bertz CT molecular complexity index is 1150. The molecular weight excluding hydrogens is 430 g/mol. The highest BCUT2D eigenvalue weighted by Gasteiger charge is 2.12. The van der Waals surface area contributed by atoms with Crippen molar-refractivity contribution >= 4 is 61.4 Å². The summed E-state index contributed by atoms with van der Waals surface area (Å²) < 4.78 is 6.19. The molecule has 2 aromatic heterocycles. The lowest BCUT2D eigenvalue weighted by Gasteiger charge is -2.09. The van der Waals surface area contributed by atoms with E-state index >= 15 is 0 Å². The minimum Gasteiger partial charge on any atom is -0.495 e. The number of nitrogens with one attached hydrogen (secondary N) is 2. The zero-order valence-electron chi connectivity index (χ0n) is 14.2. The molecule has 0 aliphatic rings. The summed E-state index contributed by atoms with van der Waals surface area (Å²) >= 11 is 4.68. The summed E-state index contributed by atoms with van der Waals surface area (Å²) in [4.78, 5) is 19.9. The van der Waals surface area contributed by atoms with E-state index in [2.05, 4.69) is 41.4 Å². The third kappa shape index (κ3) is 3.74. The van der Waals surface area contributed by atoms with E-state index in [-0.39, 0.29) is 11.7 Å². The molecule has 0 saturated heterocycles. The SMILES string of the molecule is COc1ccccc1NC(=O)CSc1nnc2c(n1)[nH]c1ccc(Br)cc12. The zero-order chi connectivity index (χ0) is 18.8. The molecule has 0 unspecified atom stereocenters. The van der Waals surface area contributed by atoms with Crippen molar-refractivity contribution in [3.8, 4) is 5.75 Å². The Labute approximate surface area is 167 Å². The highest BCUT2D eigenvalue weighted by atomic mass is 79.9. The van der Waals surface area contributed by atoms with Crippen molar-refractivity contribution in [3.05, 3.63) is 46.9 Å². The van der Waals surface area contributed by atoms with Crippen molar-refractivity contribution in [2.45, 2.75) is 5.16 Å². The minimum absolute atomic E-state index is 0.164. The van der Waals surface area contributed by atoms with E-state index in [0.29, 0.717) is 27.8 Å². The van der Waals surface area contributed by atoms with Crippen LogP contribution in [-0.4, -0.2) is 38.9 Å². The van der Waals surface area contributed by atoms with Gasteiger partial charge in [-0.25, -0.2) is 4.98 Å². The first-order valence-corrected chi connectivity index (χ1v) is 9.79. The summed E-state index contributed by atoms with van der Waals surface area (Å²) in [6.07, 6.45) is 0. The van der Waals surface area contributed by atoms with Gasteiger partial charge in [-0.05, 0) is 30.3 Å². The van der Waals surface area contributed by atoms with E-state index < -0.39 is 0 Å². The number of methoxy groups -OCH3 is 1. The first-order chi connectivity index (χ1) is 13.1. The standard InChI is InChI=1S/C18H14BrN5O2S/c1-26-14-5-3-2-4-13(14)20-15(25)9-27-18-22-17-16(23-24-18)11-8-10(19)6-7-12(11)21-17/h2-8H,9H2,1H3,(H,20,25)(H,21,22,24). The van der Waals surface area contributed by atoms with Crippen molar-refractivity contribution in [2.75, 3.05) is 18.2 Å². The third-order valence-corrected chi connectivity index (χ3v) is 5.20. The summed E-state index contributed by atoms with van der Waals surface area (Å²) in [5, 5.41) is 12.6. The highest BCUT2D eigenvalue weighted by molar-refractivity contribution is 9.10. The molecule has 0 bridgehead atoms. The van der Waals surface area contributed by atoms with Gasteiger partial charge < -0.3 is 15.0 Å².